The highest BCUT2D eigenvalue weighted by molar-refractivity contribution is 5.89. The van der Waals surface area contributed by atoms with Gasteiger partial charge in [-0.1, -0.05) is 6.08 Å². The lowest BCUT2D eigenvalue weighted by atomic mass is 9.46. The van der Waals surface area contributed by atoms with E-state index in [1.165, 1.54) is 45.3 Å². The number of nitrogens with zero attached hydrogens (tertiary/aromatic N) is 1. The van der Waals surface area contributed by atoms with Crippen LogP contribution in [0.1, 0.15) is 78.6 Å². The molecule has 0 radical (unpaired) electrons. The maximum Gasteiger partial charge on any atom is 0.340 e. The van der Waals surface area contributed by atoms with Crippen LogP contribution in [0.25, 0.3) is 0 Å². The second kappa shape index (κ2) is 12.2. The standard InChI is InChI=1S/C32H41NO12/c1-9-17(2)27(37)44-26-24(42-20(5)36)23-25(43-28(38)21-11-10-14-33-15-21)32(45-29(23,6)7)30(8,39)13-12-22(41-19(4)35)31(26,32)16-40-18(3)34/h9-11,14-15,22-26,39H,12-13,16H2,1-8H3/b17-9+/t22-,23+,24+,25+,26-,30-,31-,32-/m0/s1. The summed E-state index contributed by atoms with van der Waals surface area (Å²) in [5.41, 5.74) is -6.94. The number of hydrogen-bond acceptors (Lipinski definition) is 13. The largest absolute Gasteiger partial charge is 0.465 e. The lowest BCUT2D eigenvalue weighted by molar-refractivity contribution is -0.348. The van der Waals surface area contributed by atoms with Gasteiger partial charge >= 0.3 is 29.8 Å². The number of pyridine rings is 1. The van der Waals surface area contributed by atoms with E-state index < -0.39 is 89.0 Å². The van der Waals surface area contributed by atoms with E-state index in [-0.39, 0.29) is 24.0 Å². The van der Waals surface area contributed by atoms with Crippen LogP contribution in [-0.4, -0.2) is 87.8 Å². The topological polar surface area (TPSA) is 174 Å². The molecule has 3 fully saturated rings. The van der Waals surface area contributed by atoms with Crippen molar-refractivity contribution in [3.63, 3.8) is 0 Å². The smallest absolute Gasteiger partial charge is 0.340 e. The number of carbonyl (C=O) groups is 5. The predicted octanol–water partition coefficient (Wildman–Crippen LogP) is 2.62. The van der Waals surface area contributed by atoms with Crippen molar-refractivity contribution in [2.45, 2.75) is 109 Å². The van der Waals surface area contributed by atoms with Crippen LogP contribution in [-0.2, 0) is 47.6 Å². The minimum atomic E-state index is -2.05. The fraction of sp³-hybridized carbons (Fsp3) is 0.625. The van der Waals surface area contributed by atoms with Crippen molar-refractivity contribution >= 4 is 29.8 Å². The number of ether oxygens (including phenoxy) is 6. The first kappa shape index (κ1) is 34.0. The number of fused-ring (bicyclic) bond motifs is 1. The Labute approximate surface area is 261 Å². The zero-order valence-electron chi connectivity index (χ0n) is 26.8. The average molecular weight is 632 g/mol. The van der Waals surface area contributed by atoms with E-state index in [9.17, 15) is 29.1 Å². The summed E-state index contributed by atoms with van der Waals surface area (Å²) >= 11 is 0. The van der Waals surface area contributed by atoms with Gasteiger partial charge in [-0.15, -0.1) is 0 Å². The first-order valence-electron chi connectivity index (χ1n) is 14.8. The van der Waals surface area contributed by atoms with Crippen LogP contribution in [0.5, 0.6) is 0 Å². The molecule has 13 heteroatoms. The molecule has 0 amide bonds. The summed E-state index contributed by atoms with van der Waals surface area (Å²) in [6.07, 6.45) is -1.30. The molecule has 1 aliphatic heterocycles. The fourth-order valence-corrected chi connectivity index (χ4v) is 7.49. The molecular formula is C32H41NO12. The summed E-state index contributed by atoms with van der Waals surface area (Å²) in [5, 5.41) is 12.4. The number of allylic oxidation sites excluding steroid dienone is 1. The second-order valence-corrected chi connectivity index (χ2v) is 12.6. The van der Waals surface area contributed by atoms with Gasteiger partial charge in [0.05, 0.1) is 22.7 Å². The molecule has 3 aliphatic rings. The molecule has 4 rings (SSSR count). The Hall–Kier alpha value is -3.84. The van der Waals surface area contributed by atoms with Gasteiger partial charge in [-0.3, -0.25) is 19.4 Å². The number of hydrogen-bond donors (Lipinski definition) is 1. The summed E-state index contributed by atoms with van der Waals surface area (Å²) in [6.45, 7) is 10.8. The third kappa shape index (κ3) is 5.60. The maximum absolute atomic E-state index is 13.7. The second-order valence-electron chi connectivity index (χ2n) is 12.6. The molecule has 1 spiro atoms. The van der Waals surface area contributed by atoms with E-state index in [0.717, 1.165) is 13.8 Å². The van der Waals surface area contributed by atoms with Gasteiger partial charge in [0.15, 0.2) is 11.7 Å². The number of aromatic nitrogens is 1. The highest BCUT2D eigenvalue weighted by Crippen LogP contribution is 2.69. The summed E-state index contributed by atoms with van der Waals surface area (Å²) in [4.78, 5) is 69.0. The summed E-state index contributed by atoms with van der Waals surface area (Å²) < 4.78 is 36.7. The van der Waals surface area contributed by atoms with E-state index in [2.05, 4.69) is 4.98 Å². The van der Waals surface area contributed by atoms with Gasteiger partial charge in [0, 0.05) is 38.7 Å². The molecule has 8 atom stereocenters. The Kier molecular flexibility index (Phi) is 9.20. The van der Waals surface area contributed by atoms with Crippen LogP contribution in [0.4, 0.5) is 0 Å². The summed E-state index contributed by atoms with van der Waals surface area (Å²) in [7, 11) is 0. The Morgan fingerprint density at radius 3 is 2.20 bits per heavy atom. The van der Waals surface area contributed by atoms with Gasteiger partial charge in [-0.25, -0.2) is 9.59 Å². The number of aliphatic hydroxyl groups is 1. The van der Waals surface area contributed by atoms with Crippen molar-refractivity contribution in [3.8, 4) is 0 Å². The third-order valence-electron chi connectivity index (χ3n) is 9.32. The summed E-state index contributed by atoms with van der Waals surface area (Å²) in [5.74, 6) is -4.89. The molecule has 1 aromatic rings. The van der Waals surface area contributed by atoms with E-state index in [1.807, 2.05) is 0 Å². The molecular weight excluding hydrogens is 590 g/mol. The lowest BCUT2D eigenvalue weighted by Gasteiger charge is -2.65. The normalized spacial score (nSPS) is 35.0. The third-order valence-corrected chi connectivity index (χ3v) is 9.32. The Morgan fingerprint density at radius 2 is 1.64 bits per heavy atom. The predicted molar refractivity (Wildman–Crippen MR) is 154 cm³/mol. The molecule has 2 bridgehead atoms. The van der Waals surface area contributed by atoms with Gasteiger partial charge in [0.1, 0.15) is 30.3 Å². The highest BCUT2D eigenvalue weighted by Gasteiger charge is 2.87. The molecule has 0 aromatic carbocycles. The van der Waals surface area contributed by atoms with Crippen molar-refractivity contribution < 1.29 is 57.5 Å². The quantitative estimate of drug-likeness (QED) is 0.252. The highest BCUT2D eigenvalue weighted by atomic mass is 16.6. The minimum Gasteiger partial charge on any atom is -0.465 e. The lowest BCUT2D eigenvalue weighted by Crippen LogP contribution is -2.83. The van der Waals surface area contributed by atoms with Crippen molar-refractivity contribution in [2.75, 3.05) is 6.61 Å². The van der Waals surface area contributed by atoms with E-state index in [1.54, 1.807) is 26.8 Å². The van der Waals surface area contributed by atoms with Crippen molar-refractivity contribution in [3.05, 3.63) is 41.7 Å². The number of carbonyl (C=O) groups excluding carboxylic acids is 5. The molecule has 2 heterocycles. The van der Waals surface area contributed by atoms with Gasteiger partial charge in [-0.2, -0.15) is 0 Å². The van der Waals surface area contributed by atoms with Crippen molar-refractivity contribution in [2.24, 2.45) is 11.3 Å². The zero-order chi connectivity index (χ0) is 33.5. The first-order chi connectivity index (χ1) is 20.9. The molecule has 0 unspecified atom stereocenters. The van der Waals surface area contributed by atoms with Crippen LogP contribution in [0.3, 0.4) is 0 Å². The molecule has 1 N–H and O–H groups in total. The average Bonchev–Trinajstić information content (AvgIpc) is 3.15. The van der Waals surface area contributed by atoms with Crippen molar-refractivity contribution in [1.82, 2.24) is 4.98 Å². The van der Waals surface area contributed by atoms with Gasteiger partial charge in [0.2, 0.25) is 0 Å². The molecule has 1 saturated heterocycles. The molecule has 2 aliphatic carbocycles. The van der Waals surface area contributed by atoms with Crippen LogP contribution < -0.4 is 0 Å². The van der Waals surface area contributed by atoms with Gasteiger partial charge < -0.3 is 33.5 Å². The number of rotatable bonds is 8. The van der Waals surface area contributed by atoms with Crippen molar-refractivity contribution in [1.29, 1.82) is 0 Å². The van der Waals surface area contributed by atoms with E-state index in [0.29, 0.717) is 0 Å². The van der Waals surface area contributed by atoms with Crippen LogP contribution in [0.2, 0.25) is 0 Å². The summed E-state index contributed by atoms with van der Waals surface area (Å²) in [6, 6.07) is 3.04. The Morgan fingerprint density at radius 1 is 0.978 bits per heavy atom. The molecule has 1 aromatic heterocycles. The molecule has 45 heavy (non-hydrogen) atoms. The van der Waals surface area contributed by atoms with Gasteiger partial charge in [0.25, 0.3) is 0 Å². The molecule has 246 valence electrons. The minimum absolute atomic E-state index is 0.00321. The van der Waals surface area contributed by atoms with Crippen LogP contribution in [0, 0.1) is 11.3 Å². The maximum atomic E-state index is 13.7. The van der Waals surface area contributed by atoms with Crippen LogP contribution in [0.15, 0.2) is 36.2 Å². The van der Waals surface area contributed by atoms with E-state index in [4.69, 9.17) is 28.4 Å². The monoisotopic (exact) mass is 631 g/mol. The fourth-order valence-electron chi connectivity index (χ4n) is 7.49. The van der Waals surface area contributed by atoms with Crippen LogP contribution >= 0.6 is 0 Å². The molecule has 2 saturated carbocycles. The van der Waals surface area contributed by atoms with E-state index >= 15 is 0 Å². The van der Waals surface area contributed by atoms with Gasteiger partial charge in [-0.05, 0) is 59.6 Å². The molecule has 13 nitrogen and oxygen atoms in total. The first-order valence-corrected chi connectivity index (χ1v) is 14.8. The Balaban J connectivity index is 2.11. The number of esters is 5. The Bertz CT molecular complexity index is 1390. The SMILES string of the molecule is C/C=C(\C)C(=O)O[C@H]1[C@H](OC(C)=O)[C@@H]2[C@@H](OC(=O)c3cccnc3)[C@@]3(OC2(C)C)[C@@]1(COC(C)=O)[C@@H](OC(C)=O)CC[C@]3(C)O. The zero-order valence-corrected chi connectivity index (χ0v) is 26.8.